The number of furan rings is 1. The molecule has 1 aromatic carbocycles. The second-order valence-electron chi connectivity index (χ2n) is 9.85. The van der Waals surface area contributed by atoms with Crippen LogP contribution >= 0.6 is 0 Å². The number of nitrogens with zero attached hydrogens (tertiary/aromatic N) is 2. The highest BCUT2D eigenvalue weighted by atomic mass is 19.4. The van der Waals surface area contributed by atoms with Crippen LogP contribution < -0.4 is 4.74 Å². The first-order valence-electron chi connectivity index (χ1n) is 12.7. The van der Waals surface area contributed by atoms with Crippen molar-refractivity contribution >= 4 is 22.8 Å². The molecule has 2 atom stereocenters. The van der Waals surface area contributed by atoms with Gasteiger partial charge in [-0.05, 0) is 63.6 Å². The number of fused-ring (bicyclic) bond motifs is 1. The Morgan fingerprint density at radius 3 is 2.51 bits per heavy atom. The monoisotopic (exact) mass is 526 g/mol. The molecule has 0 aliphatic carbocycles. The lowest BCUT2D eigenvalue weighted by Gasteiger charge is -2.39. The number of hydrogen-bond acceptors (Lipinski definition) is 6. The molecule has 2 aromatic rings. The molecule has 5 rings (SSSR count). The highest BCUT2D eigenvalue weighted by molar-refractivity contribution is 5.97. The Morgan fingerprint density at radius 1 is 1.14 bits per heavy atom. The fraction of sp³-hybridized carbons (Fsp3) is 0.615. The van der Waals surface area contributed by atoms with E-state index in [0.29, 0.717) is 23.2 Å². The van der Waals surface area contributed by atoms with E-state index in [-0.39, 0.29) is 11.4 Å². The van der Waals surface area contributed by atoms with E-state index in [1.807, 2.05) is 29.2 Å². The van der Waals surface area contributed by atoms with Gasteiger partial charge < -0.3 is 23.9 Å². The minimum absolute atomic E-state index is 0.00558. The fourth-order valence-electron chi connectivity index (χ4n) is 5.72. The van der Waals surface area contributed by atoms with E-state index in [1.165, 1.54) is 25.7 Å². The molecule has 1 N–H and O–H groups in total. The van der Waals surface area contributed by atoms with E-state index < -0.39 is 12.1 Å². The van der Waals surface area contributed by atoms with Gasteiger partial charge in [-0.1, -0.05) is 12.1 Å². The Hall–Kier alpha value is -2.79. The molecular weight excluding hydrogens is 493 g/mol. The first-order valence-corrected chi connectivity index (χ1v) is 12.7. The van der Waals surface area contributed by atoms with Crippen molar-refractivity contribution in [3.05, 3.63) is 30.0 Å². The predicted molar refractivity (Wildman–Crippen MR) is 129 cm³/mol. The predicted octanol–water partition coefficient (Wildman–Crippen LogP) is 4.71. The van der Waals surface area contributed by atoms with Crippen molar-refractivity contribution < 1.29 is 41.8 Å². The summed E-state index contributed by atoms with van der Waals surface area (Å²) in [5, 5.41) is 8.03. The molecule has 0 saturated carbocycles. The van der Waals surface area contributed by atoms with Crippen LogP contribution in [0.4, 0.5) is 13.2 Å². The maximum Gasteiger partial charge on any atom is 0.490 e. The zero-order valence-electron chi connectivity index (χ0n) is 20.9. The van der Waals surface area contributed by atoms with Gasteiger partial charge in [-0.25, -0.2) is 4.79 Å². The number of amides is 1. The lowest BCUT2D eigenvalue weighted by atomic mass is 9.87. The second kappa shape index (κ2) is 11.3. The number of carbonyl (C=O) groups is 2. The summed E-state index contributed by atoms with van der Waals surface area (Å²) in [5.41, 5.74) is 0.881. The maximum atomic E-state index is 13.2. The zero-order valence-corrected chi connectivity index (χ0v) is 20.9. The summed E-state index contributed by atoms with van der Waals surface area (Å²) in [6.45, 7) is 4.71. The topological polar surface area (TPSA) is 92.5 Å². The van der Waals surface area contributed by atoms with Gasteiger partial charge in [-0.15, -0.1) is 0 Å². The largest absolute Gasteiger partial charge is 0.493 e. The Bertz CT molecular complexity index is 1100. The standard InChI is InChI=1S/C24H32N2O4.C2HF3O2/c1-28-20-8-2-6-18-16-21(30-22(18)20)23(27)25-12-4-9-24(11-14-25)10-5-13-26(24)17-19-7-3-15-29-19;3-2(4,5)1(6)7/h2,6,8,16,19H,3-5,7,9-15,17H2,1H3;(H,6,7). The third-order valence-electron chi connectivity index (χ3n) is 7.57. The minimum Gasteiger partial charge on any atom is -0.493 e. The van der Waals surface area contributed by atoms with Crippen LogP contribution in [0.1, 0.15) is 55.5 Å². The summed E-state index contributed by atoms with van der Waals surface area (Å²) >= 11 is 0. The molecule has 2 unspecified atom stereocenters. The fourth-order valence-corrected chi connectivity index (χ4v) is 5.72. The van der Waals surface area contributed by atoms with Crippen molar-refractivity contribution in [1.82, 2.24) is 9.80 Å². The van der Waals surface area contributed by atoms with Gasteiger partial charge in [0.2, 0.25) is 0 Å². The highest BCUT2D eigenvalue weighted by Crippen LogP contribution is 2.39. The molecule has 11 heteroatoms. The van der Waals surface area contributed by atoms with Gasteiger partial charge in [0.1, 0.15) is 0 Å². The van der Waals surface area contributed by atoms with Crippen molar-refractivity contribution in [1.29, 1.82) is 0 Å². The van der Waals surface area contributed by atoms with Crippen LogP contribution in [0.15, 0.2) is 28.7 Å². The molecule has 4 heterocycles. The molecule has 3 fully saturated rings. The molecule has 0 bridgehead atoms. The zero-order chi connectivity index (χ0) is 26.6. The first kappa shape index (κ1) is 27.3. The molecule has 0 radical (unpaired) electrons. The number of rotatable bonds is 4. The summed E-state index contributed by atoms with van der Waals surface area (Å²) < 4.78 is 49.0. The molecule has 3 aliphatic heterocycles. The first-order chi connectivity index (χ1) is 17.6. The van der Waals surface area contributed by atoms with Crippen LogP contribution in [0, 0.1) is 0 Å². The van der Waals surface area contributed by atoms with E-state index in [4.69, 9.17) is 23.8 Å². The van der Waals surface area contributed by atoms with Crippen LogP contribution in [0.25, 0.3) is 11.0 Å². The number of methoxy groups -OCH3 is 1. The van der Waals surface area contributed by atoms with Gasteiger partial charge in [0, 0.05) is 37.2 Å². The van der Waals surface area contributed by atoms with Crippen LogP contribution in [-0.4, -0.2) is 84.5 Å². The van der Waals surface area contributed by atoms with E-state index in [2.05, 4.69) is 4.90 Å². The van der Waals surface area contributed by atoms with E-state index in [0.717, 1.165) is 57.4 Å². The number of carboxylic acids is 1. The smallest absolute Gasteiger partial charge is 0.490 e. The van der Waals surface area contributed by atoms with Gasteiger partial charge >= 0.3 is 12.1 Å². The van der Waals surface area contributed by atoms with E-state index in [9.17, 15) is 18.0 Å². The number of likely N-dealkylation sites (tertiary alicyclic amines) is 2. The van der Waals surface area contributed by atoms with Crippen molar-refractivity contribution in [2.75, 3.05) is 39.9 Å². The number of hydrogen-bond donors (Lipinski definition) is 1. The Balaban J connectivity index is 0.000000405. The molecular formula is C26H33F3N2O6. The summed E-state index contributed by atoms with van der Waals surface area (Å²) in [7, 11) is 1.62. The normalized spacial score (nSPS) is 24.6. The third kappa shape index (κ3) is 6.20. The summed E-state index contributed by atoms with van der Waals surface area (Å²) in [5.74, 6) is -1.69. The Kier molecular flexibility index (Phi) is 8.33. The summed E-state index contributed by atoms with van der Waals surface area (Å²) in [6.07, 6.45) is 3.42. The number of para-hydroxylation sites is 1. The van der Waals surface area contributed by atoms with Gasteiger partial charge in [0.25, 0.3) is 5.91 Å². The molecule has 3 saturated heterocycles. The number of alkyl halides is 3. The van der Waals surface area contributed by atoms with Gasteiger partial charge in [-0.2, -0.15) is 13.2 Å². The van der Waals surface area contributed by atoms with Crippen LogP contribution in [0.2, 0.25) is 0 Å². The number of carboxylic acid groups (broad SMARTS) is 1. The van der Waals surface area contributed by atoms with Crippen molar-refractivity contribution in [2.24, 2.45) is 0 Å². The van der Waals surface area contributed by atoms with Gasteiger partial charge in [0.15, 0.2) is 17.1 Å². The van der Waals surface area contributed by atoms with E-state index >= 15 is 0 Å². The lowest BCUT2D eigenvalue weighted by molar-refractivity contribution is -0.192. The molecule has 1 spiro atoms. The molecule has 204 valence electrons. The molecule has 1 aromatic heterocycles. The van der Waals surface area contributed by atoms with Crippen molar-refractivity contribution in [2.45, 2.75) is 62.8 Å². The number of carbonyl (C=O) groups excluding carboxylic acids is 1. The average molecular weight is 527 g/mol. The van der Waals surface area contributed by atoms with Crippen LogP contribution in [-0.2, 0) is 9.53 Å². The maximum absolute atomic E-state index is 13.2. The summed E-state index contributed by atoms with van der Waals surface area (Å²) in [4.78, 5) is 26.8. The van der Waals surface area contributed by atoms with E-state index in [1.54, 1.807) is 7.11 Å². The molecule has 1 amide bonds. The molecule has 3 aliphatic rings. The van der Waals surface area contributed by atoms with Crippen LogP contribution in [0.3, 0.4) is 0 Å². The third-order valence-corrected chi connectivity index (χ3v) is 7.57. The van der Waals surface area contributed by atoms with Gasteiger partial charge in [-0.3, -0.25) is 9.69 Å². The Morgan fingerprint density at radius 2 is 1.86 bits per heavy atom. The SMILES string of the molecule is COc1cccc2cc(C(=O)N3CCCC4(CCCN4CC4CCCO4)CC3)oc12.O=C(O)C(F)(F)F. The van der Waals surface area contributed by atoms with Crippen molar-refractivity contribution in [3.8, 4) is 5.75 Å². The number of benzene rings is 1. The summed E-state index contributed by atoms with van der Waals surface area (Å²) in [6, 6.07) is 7.58. The van der Waals surface area contributed by atoms with Crippen molar-refractivity contribution in [3.63, 3.8) is 0 Å². The quantitative estimate of drug-likeness (QED) is 0.617. The lowest BCUT2D eigenvalue weighted by Crippen LogP contribution is -2.47. The highest BCUT2D eigenvalue weighted by Gasteiger charge is 2.43. The molecule has 8 nitrogen and oxygen atoms in total. The Labute approximate surface area is 213 Å². The van der Waals surface area contributed by atoms with Crippen LogP contribution in [0.5, 0.6) is 5.75 Å². The number of ether oxygens (including phenoxy) is 2. The second-order valence-corrected chi connectivity index (χ2v) is 9.85. The number of halogens is 3. The molecule has 37 heavy (non-hydrogen) atoms. The minimum atomic E-state index is -5.08. The van der Waals surface area contributed by atoms with Gasteiger partial charge in [0.05, 0.1) is 13.2 Å². The average Bonchev–Trinajstić information content (AvgIpc) is 3.58. The number of aliphatic carboxylic acids is 1.